The highest BCUT2D eigenvalue weighted by Crippen LogP contribution is 2.57. The molecule has 0 saturated heterocycles. The summed E-state index contributed by atoms with van der Waals surface area (Å²) in [5, 5.41) is 5.42. The first-order valence-electron chi connectivity index (χ1n) is 9.00. The Balaban J connectivity index is 1.85. The maximum atomic E-state index is 12.1. The maximum Gasteiger partial charge on any atom is 0.245 e. The third-order valence-electron chi connectivity index (χ3n) is 5.41. The highest BCUT2D eigenvalue weighted by atomic mass is 16.5. The first-order valence-corrected chi connectivity index (χ1v) is 9.00. The first kappa shape index (κ1) is 18.2. The molecule has 0 radical (unpaired) electrons. The number of ether oxygens (including phenoxy) is 1. The number of amides is 2. The van der Waals surface area contributed by atoms with Crippen LogP contribution in [0.2, 0.25) is 0 Å². The Morgan fingerprint density at radius 1 is 1.17 bits per heavy atom. The van der Waals surface area contributed by atoms with Crippen molar-refractivity contribution in [2.24, 2.45) is 17.3 Å². The maximum absolute atomic E-state index is 12.1. The Morgan fingerprint density at radius 2 is 1.87 bits per heavy atom. The number of hydrogen-bond donors (Lipinski definition) is 2. The van der Waals surface area contributed by atoms with E-state index in [2.05, 4.69) is 10.6 Å². The number of nitrogens with one attached hydrogen (secondary N) is 2. The van der Waals surface area contributed by atoms with E-state index in [9.17, 15) is 9.59 Å². The van der Waals surface area contributed by atoms with Crippen LogP contribution in [0.3, 0.4) is 0 Å². The molecule has 23 heavy (non-hydrogen) atoms. The van der Waals surface area contributed by atoms with Gasteiger partial charge in [-0.3, -0.25) is 9.59 Å². The van der Waals surface area contributed by atoms with Crippen LogP contribution in [-0.4, -0.2) is 37.6 Å². The summed E-state index contributed by atoms with van der Waals surface area (Å²) in [5.74, 6) is 0.125. The monoisotopic (exact) mass is 324 g/mol. The average molecular weight is 324 g/mol. The van der Waals surface area contributed by atoms with E-state index in [1.165, 1.54) is 38.5 Å². The predicted molar refractivity (Wildman–Crippen MR) is 89.9 cm³/mol. The highest BCUT2D eigenvalue weighted by Gasteiger charge is 2.45. The third-order valence-corrected chi connectivity index (χ3v) is 5.41. The predicted octanol–water partition coefficient (Wildman–Crippen LogP) is 2.25. The summed E-state index contributed by atoms with van der Waals surface area (Å²) in [7, 11) is 1.58. The van der Waals surface area contributed by atoms with Crippen molar-refractivity contribution in [3.8, 4) is 0 Å². The summed E-state index contributed by atoms with van der Waals surface area (Å²) in [6.45, 7) is 6.20. The summed E-state index contributed by atoms with van der Waals surface area (Å²) in [6.07, 6.45) is 7.60. The minimum absolute atomic E-state index is 0.122. The molecule has 2 aliphatic rings. The van der Waals surface area contributed by atoms with Crippen molar-refractivity contribution in [3.63, 3.8) is 0 Å². The van der Waals surface area contributed by atoms with E-state index in [1.54, 1.807) is 7.05 Å². The molecule has 0 heterocycles. The molecule has 2 N–H and O–H groups in total. The van der Waals surface area contributed by atoms with Crippen LogP contribution in [0.25, 0.3) is 0 Å². The standard InChI is InChI=1S/C18H32N2O3/c1-12(2)16(21)20-15(17(22)19-4)13(3)23-11-14-6-5-7-18(10-14)8-9-18/h12-15H,5-11H2,1-4H3,(H,19,22)(H,20,21). The van der Waals surface area contributed by atoms with Gasteiger partial charge in [0.2, 0.25) is 11.8 Å². The van der Waals surface area contributed by atoms with Gasteiger partial charge in [-0.25, -0.2) is 0 Å². The molecule has 2 fully saturated rings. The normalized spacial score (nSPS) is 25.0. The van der Waals surface area contributed by atoms with E-state index in [-0.39, 0.29) is 23.8 Å². The minimum Gasteiger partial charge on any atom is -0.376 e. The SMILES string of the molecule is CNC(=O)C(NC(=O)C(C)C)C(C)OCC1CCCC2(CC2)C1. The molecule has 0 aromatic rings. The van der Waals surface area contributed by atoms with Gasteiger partial charge in [0.1, 0.15) is 6.04 Å². The average Bonchev–Trinajstić information content (AvgIpc) is 3.27. The second kappa shape index (κ2) is 7.65. The van der Waals surface area contributed by atoms with E-state index in [1.807, 2.05) is 20.8 Å². The molecule has 2 aliphatic carbocycles. The van der Waals surface area contributed by atoms with Crippen LogP contribution in [0, 0.1) is 17.3 Å². The van der Waals surface area contributed by atoms with E-state index in [4.69, 9.17) is 4.74 Å². The quantitative estimate of drug-likeness (QED) is 0.755. The Bertz CT molecular complexity index is 432. The van der Waals surface area contributed by atoms with Gasteiger partial charge in [0.15, 0.2) is 0 Å². The van der Waals surface area contributed by atoms with Crippen molar-refractivity contribution >= 4 is 11.8 Å². The van der Waals surface area contributed by atoms with Gasteiger partial charge in [0, 0.05) is 19.6 Å². The smallest absolute Gasteiger partial charge is 0.245 e. The largest absolute Gasteiger partial charge is 0.376 e. The molecule has 2 amide bonds. The number of hydrogen-bond acceptors (Lipinski definition) is 3. The molecular weight excluding hydrogens is 292 g/mol. The van der Waals surface area contributed by atoms with Crippen molar-refractivity contribution in [1.29, 1.82) is 0 Å². The molecule has 0 bridgehead atoms. The zero-order valence-corrected chi connectivity index (χ0v) is 15.0. The van der Waals surface area contributed by atoms with Crippen LogP contribution in [-0.2, 0) is 14.3 Å². The number of rotatable bonds is 7. The van der Waals surface area contributed by atoms with E-state index >= 15 is 0 Å². The fourth-order valence-corrected chi connectivity index (χ4v) is 3.61. The van der Waals surface area contributed by atoms with Crippen LogP contribution in [0.5, 0.6) is 0 Å². The Morgan fingerprint density at radius 3 is 2.43 bits per heavy atom. The van der Waals surface area contributed by atoms with Gasteiger partial charge >= 0.3 is 0 Å². The van der Waals surface area contributed by atoms with Crippen molar-refractivity contribution in [2.45, 2.75) is 71.4 Å². The van der Waals surface area contributed by atoms with Crippen LogP contribution in [0.4, 0.5) is 0 Å². The Kier molecular flexibility index (Phi) is 6.06. The van der Waals surface area contributed by atoms with Crippen molar-refractivity contribution in [1.82, 2.24) is 10.6 Å². The second-order valence-corrected chi connectivity index (χ2v) is 7.76. The van der Waals surface area contributed by atoms with Gasteiger partial charge in [0.05, 0.1) is 6.10 Å². The van der Waals surface area contributed by atoms with Gasteiger partial charge < -0.3 is 15.4 Å². The van der Waals surface area contributed by atoms with Crippen molar-refractivity contribution in [3.05, 3.63) is 0 Å². The lowest BCUT2D eigenvalue weighted by Gasteiger charge is -2.31. The van der Waals surface area contributed by atoms with Gasteiger partial charge in [-0.05, 0) is 50.4 Å². The Labute approximate surface area is 139 Å². The molecule has 2 saturated carbocycles. The zero-order chi connectivity index (χ0) is 17.0. The van der Waals surface area contributed by atoms with Gasteiger partial charge in [0.25, 0.3) is 0 Å². The van der Waals surface area contributed by atoms with Crippen LogP contribution in [0.1, 0.15) is 59.3 Å². The van der Waals surface area contributed by atoms with Gasteiger partial charge in [-0.15, -0.1) is 0 Å². The Hall–Kier alpha value is -1.10. The van der Waals surface area contributed by atoms with E-state index < -0.39 is 6.04 Å². The second-order valence-electron chi connectivity index (χ2n) is 7.76. The third kappa shape index (κ3) is 4.93. The van der Waals surface area contributed by atoms with E-state index in [0.29, 0.717) is 17.9 Å². The van der Waals surface area contributed by atoms with Crippen molar-refractivity contribution < 1.29 is 14.3 Å². The molecule has 0 aromatic heterocycles. The lowest BCUT2D eigenvalue weighted by Crippen LogP contribution is -2.53. The van der Waals surface area contributed by atoms with Crippen LogP contribution < -0.4 is 10.6 Å². The molecule has 2 rings (SSSR count). The fraction of sp³-hybridized carbons (Fsp3) is 0.889. The number of carbonyl (C=O) groups is 2. The summed E-state index contributed by atoms with van der Waals surface area (Å²) in [6, 6.07) is -0.631. The summed E-state index contributed by atoms with van der Waals surface area (Å²) in [4.78, 5) is 24.0. The number of likely N-dealkylation sites (N-methyl/N-ethyl adjacent to an activating group) is 1. The van der Waals surface area contributed by atoms with Crippen LogP contribution >= 0.6 is 0 Å². The highest BCUT2D eigenvalue weighted by molar-refractivity contribution is 5.88. The molecule has 5 heteroatoms. The van der Waals surface area contributed by atoms with Crippen molar-refractivity contribution in [2.75, 3.05) is 13.7 Å². The summed E-state index contributed by atoms with van der Waals surface area (Å²) in [5.41, 5.74) is 0.627. The van der Waals surface area contributed by atoms with E-state index in [0.717, 1.165) is 0 Å². The van der Waals surface area contributed by atoms with Gasteiger partial charge in [-0.2, -0.15) is 0 Å². The lowest BCUT2D eigenvalue weighted by molar-refractivity contribution is -0.134. The first-order chi connectivity index (χ1) is 10.9. The molecule has 0 aromatic carbocycles. The minimum atomic E-state index is -0.631. The molecule has 0 aliphatic heterocycles. The topological polar surface area (TPSA) is 67.4 Å². The lowest BCUT2D eigenvalue weighted by atomic mass is 9.79. The fourth-order valence-electron chi connectivity index (χ4n) is 3.61. The number of carbonyl (C=O) groups excluding carboxylic acids is 2. The molecule has 1 spiro atoms. The van der Waals surface area contributed by atoms with Gasteiger partial charge in [-0.1, -0.05) is 20.3 Å². The molecule has 5 nitrogen and oxygen atoms in total. The summed E-state index contributed by atoms with van der Waals surface area (Å²) >= 11 is 0. The molecule has 132 valence electrons. The summed E-state index contributed by atoms with van der Waals surface area (Å²) < 4.78 is 5.99. The molecular formula is C18H32N2O3. The zero-order valence-electron chi connectivity index (χ0n) is 15.0. The van der Waals surface area contributed by atoms with Crippen LogP contribution in [0.15, 0.2) is 0 Å². The molecule has 3 atom stereocenters. The molecule has 3 unspecified atom stereocenters.